The highest BCUT2D eigenvalue weighted by Crippen LogP contribution is 2.46. The van der Waals surface area contributed by atoms with Gasteiger partial charge in [-0.1, -0.05) is 31.2 Å². The molecule has 3 heteroatoms. The van der Waals surface area contributed by atoms with Gasteiger partial charge in [-0.25, -0.2) is 0 Å². The normalized spacial score (nSPS) is 19.7. The zero-order valence-electron chi connectivity index (χ0n) is 11.2. The van der Waals surface area contributed by atoms with Gasteiger partial charge in [0, 0.05) is 42.0 Å². The number of aromatic hydroxyl groups is 1. The molecule has 0 unspecified atom stereocenters. The minimum absolute atomic E-state index is 0.136. The standard InChI is InChI=1S/C16H18ClNO/c1-3-13(17)12-9-18(2)14-8-15(19)10-6-4-5-7-11(10)16(12)14/h4-8,12-13,19H,3,9H2,1-2H3/t12-,13+/m0/s1. The molecule has 0 spiro atoms. The maximum atomic E-state index is 10.2. The van der Waals surface area contributed by atoms with E-state index >= 15 is 0 Å². The van der Waals surface area contributed by atoms with Crippen LogP contribution < -0.4 is 4.90 Å². The summed E-state index contributed by atoms with van der Waals surface area (Å²) in [6.45, 7) is 3.04. The highest BCUT2D eigenvalue weighted by atomic mass is 35.5. The van der Waals surface area contributed by atoms with Crippen LogP contribution in [0.4, 0.5) is 5.69 Å². The molecule has 0 saturated heterocycles. The predicted octanol–water partition coefficient (Wildman–Crippen LogP) is 4.10. The molecule has 2 nitrogen and oxygen atoms in total. The Hall–Kier alpha value is -1.41. The van der Waals surface area contributed by atoms with Crippen molar-refractivity contribution in [1.82, 2.24) is 0 Å². The first-order valence-corrected chi connectivity index (χ1v) is 7.17. The Bertz CT molecular complexity index is 625. The van der Waals surface area contributed by atoms with Crippen molar-refractivity contribution in [1.29, 1.82) is 0 Å². The summed E-state index contributed by atoms with van der Waals surface area (Å²) in [4.78, 5) is 2.19. The number of nitrogens with zero attached hydrogens (tertiary/aromatic N) is 1. The van der Waals surface area contributed by atoms with Crippen LogP contribution in [0.5, 0.6) is 5.75 Å². The lowest BCUT2D eigenvalue weighted by Gasteiger charge is -2.17. The number of likely N-dealkylation sites (N-methyl/N-ethyl adjacent to an activating group) is 1. The maximum Gasteiger partial charge on any atom is 0.125 e. The van der Waals surface area contributed by atoms with Gasteiger partial charge in [-0.2, -0.15) is 0 Å². The first-order chi connectivity index (χ1) is 9.13. The van der Waals surface area contributed by atoms with Crippen molar-refractivity contribution < 1.29 is 5.11 Å². The molecule has 100 valence electrons. The number of phenolic OH excluding ortho intramolecular Hbond substituents is 1. The molecule has 2 aromatic rings. The Kier molecular flexibility index (Phi) is 3.06. The fraction of sp³-hybridized carbons (Fsp3) is 0.375. The second-order valence-electron chi connectivity index (χ2n) is 5.29. The second-order valence-corrected chi connectivity index (χ2v) is 5.85. The van der Waals surface area contributed by atoms with Crippen LogP contribution in [0, 0.1) is 0 Å². The van der Waals surface area contributed by atoms with Gasteiger partial charge in [-0.15, -0.1) is 11.6 Å². The van der Waals surface area contributed by atoms with Gasteiger partial charge in [0.2, 0.25) is 0 Å². The van der Waals surface area contributed by atoms with Gasteiger partial charge >= 0.3 is 0 Å². The van der Waals surface area contributed by atoms with Crippen molar-refractivity contribution >= 4 is 28.1 Å². The largest absolute Gasteiger partial charge is 0.507 e. The molecular formula is C16H18ClNO. The molecule has 0 saturated carbocycles. The van der Waals surface area contributed by atoms with Crippen LogP contribution in [0.2, 0.25) is 0 Å². The average Bonchev–Trinajstić information content (AvgIpc) is 2.76. The van der Waals surface area contributed by atoms with E-state index in [0.717, 1.165) is 29.4 Å². The Morgan fingerprint density at radius 3 is 2.74 bits per heavy atom. The van der Waals surface area contributed by atoms with Crippen LogP contribution in [-0.2, 0) is 0 Å². The summed E-state index contributed by atoms with van der Waals surface area (Å²) in [7, 11) is 2.06. The Morgan fingerprint density at radius 1 is 1.37 bits per heavy atom. The molecule has 1 heterocycles. The molecular weight excluding hydrogens is 258 g/mol. The lowest BCUT2D eigenvalue weighted by Crippen LogP contribution is -2.20. The van der Waals surface area contributed by atoms with Gasteiger partial charge in [0.1, 0.15) is 5.75 Å². The van der Waals surface area contributed by atoms with Crippen molar-refractivity contribution in [3.63, 3.8) is 0 Å². The third-order valence-corrected chi connectivity index (χ3v) is 4.73. The Balaban J connectivity index is 2.29. The van der Waals surface area contributed by atoms with Crippen LogP contribution in [-0.4, -0.2) is 24.1 Å². The van der Waals surface area contributed by atoms with Crippen molar-refractivity contribution in [3.8, 4) is 5.75 Å². The average molecular weight is 276 g/mol. The van der Waals surface area contributed by atoms with E-state index in [-0.39, 0.29) is 5.38 Å². The van der Waals surface area contributed by atoms with Gasteiger partial charge in [-0.3, -0.25) is 0 Å². The molecule has 0 aromatic heterocycles. The van der Waals surface area contributed by atoms with Gasteiger partial charge in [0.15, 0.2) is 0 Å². The van der Waals surface area contributed by atoms with E-state index in [0.29, 0.717) is 11.7 Å². The zero-order valence-corrected chi connectivity index (χ0v) is 12.0. The summed E-state index contributed by atoms with van der Waals surface area (Å²) >= 11 is 6.52. The third-order valence-electron chi connectivity index (χ3n) is 4.12. The highest BCUT2D eigenvalue weighted by Gasteiger charge is 2.33. The zero-order chi connectivity index (χ0) is 13.6. The number of benzene rings is 2. The molecule has 1 aliphatic heterocycles. The van der Waals surface area contributed by atoms with Gasteiger partial charge in [0.25, 0.3) is 0 Å². The fourth-order valence-electron chi connectivity index (χ4n) is 3.13. The summed E-state index contributed by atoms with van der Waals surface area (Å²) in [5.74, 6) is 0.682. The minimum atomic E-state index is 0.136. The van der Waals surface area contributed by atoms with Crippen LogP contribution in [0.15, 0.2) is 30.3 Å². The summed E-state index contributed by atoms with van der Waals surface area (Å²) in [5.41, 5.74) is 2.40. The molecule has 0 radical (unpaired) electrons. The van der Waals surface area contributed by atoms with E-state index in [2.05, 4.69) is 24.9 Å². The number of phenols is 1. The van der Waals surface area contributed by atoms with Gasteiger partial charge in [0.05, 0.1) is 0 Å². The van der Waals surface area contributed by atoms with Crippen LogP contribution in [0.3, 0.4) is 0 Å². The molecule has 0 fully saturated rings. The number of anilines is 1. The fourth-order valence-corrected chi connectivity index (χ4v) is 3.34. The lowest BCUT2D eigenvalue weighted by atomic mass is 9.91. The Morgan fingerprint density at radius 2 is 2.05 bits per heavy atom. The number of rotatable bonds is 2. The first-order valence-electron chi connectivity index (χ1n) is 6.73. The molecule has 0 aliphatic carbocycles. The first kappa shape index (κ1) is 12.6. The summed E-state index contributed by atoms with van der Waals surface area (Å²) in [5, 5.41) is 12.4. The van der Waals surface area contributed by atoms with Crippen LogP contribution >= 0.6 is 11.6 Å². The molecule has 19 heavy (non-hydrogen) atoms. The van der Waals surface area contributed by atoms with E-state index < -0.39 is 0 Å². The molecule has 1 aliphatic rings. The van der Waals surface area contributed by atoms with E-state index in [9.17, 15) is 5.11 Å². The van der Waals surface area contributed by atoms with Gasteiger partial charge < -0.3 is 10.0 Å². The molecule has 2 aromatic carbocycles. The maximum absolute atomic E-state index is 10.2. The molecule has 1 N–H and O–H groups in total. The predicted molar refractivity (Wildman–Crippen MR) is 81.6 cm³/mol. The molecule has 0 bridgehead atoms. The van der Waals surface area contributed by atoms with E-state index in [4.69, 9.17) is 11.6 Å². The summed E-state index contributed by atoms with van der Waals surface area (Å²) < 4.78 is 0. The number of hydrogen-bond acceptors (Lipinski definition) is 2. The number of hydrogen-bond donors (Lipinski definition) is 1. The van der Waals surface area contributed by atoms with Crippen molar-refractivity contribution in [3.05, 3.63) is 35.9 Å². The van der Waals surface area contributed by atoms with E-state index in [1.807, 2.05) is 24.3 Å². The topological polar surface area (TPSA) is 23.5 Å². The minimum Gasteiger partial charge on any atom is -0.507 e. The number of fused-ring (bicyclic) bond motifs is 3. The van der Waals surface area contributed by atoms with Crippen molar-refractivity contribution in [2.24, 2.45) is 0 Å². The number of alkyl halides is 1. The highest BCUT2D eigenvalue weighted by molar-refractivity contribution is 6.21. The SMILES string of the molecule is CC[C@@H](Cl)[C@@H]1CN(C)c2cc(O)c3ccccc3c21. The second kappa shape index (κ2) is 4.61. The molecule has 2 atom stereocenters. The van der Waals surface area contributed by atoms with E-state index in [1.165, 1.54) is 5.56 Å². The quantitative estimate of drug-likeness (QED) is 0.834. The summed E-state index contributed by atoms with van der Waals surface area (Å²) in [6.07, 6.45) is 0.953. The van der Waals surface area contributed by atoms with Crippen LogP contribution in [0.25, 0.3) is 10.8 Å². The Labute approximate surface area is 118 Å². The molecule has 3 rings (SSSR count). The molecule has 0 amide bonds. The number of halogens is 1. The van der Waals surface area contributed by atoms with Gasteiger partial charge in [-0.05, 0) is 17.4 Å². The van der Waals surface area contributed by atoms with E-state index in [1.54, 1.807) is 0 Å². The lowest BCUT2D eigenvalue weighted by molar-refractivity contribution is 0.481. The summed E-state index contributed by atoms with van der Waals surface area (Å²) in [6, 6.07) is 9.90. The monoisotopic (exact) mass is 275 g/mol. The third kappa shape index (κ3) is 1.86. The van der Waals surface area contributed by atoms with Crippen molar-refractivity contribution in [2.75, 3.05) is 18.5 Å². The van der Waals surface area contributed by atoms with Crippen molar-refractivity contribution in [2.45, 2.75) is 24.6 Å². The van der Waals surface area contributed by atoms with Crippen LogP contribution in [0.1, 0.15) is 24.8 Å². The smallest absolute Gasteiger partial charge is 0.125 e.